The molecule has 2 aromatic rings. The number of nitrogens with zero attached hydrogens (tertiary/aromatic N) is 1. The summed E-state index contributed by atoms with van der Waals surface area (Å²) in [6, 6.07) is 9.19. The van der Waals surface area contributed by atoms with Crippen LogP contribution in [0, 0.1) is 0 Å². The third-order valence-electron chi connectivity index (χ3n) is 2.61. The maximum atomic E-state index is 11.8. The highest BCUT2D eigenvalue weighted by atomic mass is 16.1. The van der Waals surface area contributed by atoms with Gasteiger partial charge in [0.05, 0.1) is 5.52 Å². The van der Waals surface area contributed by atoms with Gasteiger partial charge in [-0.1, -0.05) is 24.3 Å². The number of hydrogen-bond acceptors (Lipinski definition) is 3. The molecule has 0 fully saturated rings. The van der Waals surface area contributed by atoms with Crippen molar-refractivity contribution in [3.05, 3.63) is 48.7 Å². The molecule has 0 bridgehead atoms. The zero-order valence-corrected chi connectivity index (χ0v) is 9.52. The molecule has 0 unspecified atom stereocenters. The van der Waals surface area contributed by atoms with Gasteiger partial charge < -0.3 is 5.73 Å². The van der Waals surface area contributed by atoms with Crippen LogP contribution >= 0.6 is 0 Å². The van der Waals surface area contributed by atoms with E-state index in [2.05, 4.69) is 11.6 Å². The Labute approximate surface area is 100.0 Å². The molecule has 2 rings (SSSR count). The van der Waals surface area contributed by atoms with Gasteiger partial charge in [-0.2, -0.15) is 0 Å². The Morgan fingerprint density at radius 1 is 1.41 bits per heavy atom. The van der Waals surface area contributed by atoms with E-state index in [1.807, 2.05) is 24.3 Å². The number of nitrogen functional groups attached to an aromatic ring is 1. The summed E-state index contributed by atoms with van der Waals surface area (Å²) in [6.45, 7) is 3.60. The number of carbonyl (C=O) groups excluding carboxylic acids is 1. The van der Waals surface area contributed by atoms with Gasteiger partial charge in [-0.25, -0.2) is 4.98 Å². The second-order valence-corrected chi connectivity index (χ2v) is 3.86. The molecule has 0 aliphatic carbocycles. The maximum absolute atomic E-state index is 11.8. The van der Waals surface area contributed by atoms with Crippen LogP contribution in [0.2, 0.25) is 0 Å². The van der Waals surface area contributed by atoms with E-state index < -0.39 is 0 Å². The van der Waals surface area contributed by atoms with Gasteiger partial charge in [-0.3, -0.25) is 4.79 Å². The Balaban J connectivity index is 2.42. The van der Waals surface area contributed by atoms with Gasteiger partial charge in [-0.15, -0.1) is 6.58 Å². The Kier molecular flexibility index (Phi) is 3.19. The molecule has 2 N–H and O–H groups in total. The maximum Gasteiger partial charge on any atom is 0.181 e. The number of rotatable bonds is 4. The van der Waals surface area contributed by atoms with Crippen LogP contribution in [0.4, 0.5) is 5.69 Å². The lowest BCUT2D eigenvalue weighted by molar-refractivity contribution is 0.0979. The molecular weight excluding hydrogens is 212 g/mol. The standard InChI is InChI=1S/C14H14N2O/c1-2-3-8-14(17)13-9-11(15)10-6-4-5-7-12(10)16-13/h2,4-7,9H,1,3,8H2,(H2,15,16). The molecule has 0 aliphatic heterocycles. The Bertz CT molecular complexity index is 575. The van der Waals surface area contributed by atoms with Crippen molar-refractivity contribution in [2.75, 3.05) is 5.73 Å². The Hall–Kier alpha value is -2.16. The van der Waals surface area contributed by atoms with Crippen molar-refractivity contribution >= 4 is 22.4 Å². The third kappa shape index (κ3) is 2.33. The number of aromatic nitrogens is 1. The van der Waals surface area contributed by atoms with Crippen LogP contribution in [-0.4, -0.2) is 10.8 Å². The molecule has 0 amide bonds. The molecule has 0 aliphatic rings. The fourth-order valence-electron chi connectivity index (χ4n) is 1.71. The average Bonchev–Trinajstić information content (AvgIpc) is 2.36. The average molecular weight is 226 g/mol. The molecule has 86 valence electrons. The summed E-state index contributed by atoms with van der Waals surface area (Å²) in [5.41, 5.74) is 7.70. The number of para-hydroxylation sites is 1. The first kappa shape index (κ1) is 11.3. The molecule has 1 aromatic carbocycles. The van der Waals surface area contributed by atoms with Crippen LogP contribution in [0.1, 0.15) is 23.3 Å². The fraction of sp³-hybridized carbons (Fsp3) is 0.143. The van der Waals surface area contributed by atoms with Gasteiger partial charge in [0.15, 0.2) is 5.78 Å². The molecule has 3 heteroatoms. The fourth-order valence-corrected chi connectivity index (χ4v) is 1.71. The molecule has 0 saturated heterocycles. The minimum atomic E-state index is 0.00218. The van der Waals surface area contributed by atoms with Crippen LogP contribution < -0.4 is 5.73 Å². The van der Waals surface area contributed by atoms with E-state index in [4.69, 9.17) is 5.73 Å². The molecule has 3 nitrogen and oxygen atoms in total. The first-order valence-electron chi connectivity index (χ1n) is 5.51. The predicted octanol–water partition coefficient (Wildman–Crippen LogP) is 2.97. The molecule has 17 heavy (non-hydrogen) atoms. The third-order valence-corrected chi connectivity index (χ3v) is 2.61. The number of ketones is 1. The van der Waals surface area contributed by atoms with Gasteiger partial charge in [0.2, 0.25) is 0 Å². The summed E-state index contributed by atoms with van der Waals surface area (Å²) in [5, 5.41) is 0.882. The first-order valence-corrected chi connectivity index (χ1v) is 5.51. The minimum Gasteiger partial charge on any atom is -0.398 e. The van der Waals surface area contributed by atoms with E-state index in [9.17, 15) is 4.79 Å². The normalized spacial score (nSPS) is 10.4. The minimum absolute atomic E-state index is 0.00218. The van der Waals surface area contributed by atoms with Crippen molar-refractivity contribution in [2.24, 2.45) is 0 Å². The Morgan fingerprint density at radius 2 is 2.18 bits per heavy atom. The van der Waals surface area contributed by atoms with Crippen LogP contribution in [0.3, 0.4) is 0 Å². The zero-order chi connectivity index (χ0) is 12.3. The van der Waals surface area contributed by atoms with Crippen molar-refractivity contribution in [2.45, 2.75) is 12.8 Å². The number of anilines is 1. The number of benzene rings is 1. The molecule has 0 spiro atoms. The summed E-state index contributed by atoms with van der Waals surface area (Å²) in [7, 11) is 0. The first-order chi connectivity index (χ1) is 8.22. The summed E-state index contributed by atoms with van der Waals surface area (Å²) in [4.78, 5) is 16.2. The highest BCUT2D eigenvalue weighted by Gasteiger charge is 2.09. The molecule has 0 atom stereocenters. The van der Waals surface area contributed by atoms with Crippen molar-refractivity contribution in [3.8, 4) is 0 Å². The number of pyridine rings is 1. The SMILES string of the molecule is C=CCCC(=O)c1cc(N)c2ccccc2n1. The highest BCUT2D eigenvalue weighted by Crippen LogP contribution is 2.20. The second-order valence-electron chi connectivity index (χ2n) is 3.86. The quantitative estimate of drug-likeness (QED) is 0.644. The van der Waals surface area contributed by atoms with Crippen LogP contribution in [0.25, 0.3) is 10.9 Å². The molecule has 1 aromatic heterocycles. The van der Waals surface area contributed by atoms with Gasteiger partial charge >= 0.3 is 0 Å². The van der Waals surface area contributed by atoms with Crippen LogP contribution in [-0.2, 0) is 0 Å². The van der Waals surface area contributed by atoms with E-state index in [1.165, 1.54) is 0 Å². The van der Waals surface area contributed by atoms with E-state index in [1.54, 1.807) is 12.1 Å². The number of Topliss-reactive ketones (excluding diaryl/α,β-unsaturated/α-hetero) is 1. The number of carbonyl (C=O) groups is 1. The molecule has 0 radical (unpaired) electrons. The van der Waals surface area contributed by atoms with Crippen molar-refractivity contribution in [1.82, 2.24) is 4.98 Å². The van der Waals surface area contributed by atoms with Gasteiger partial charge in [0.25, 0.3) is 0 Å². The van der Waals surface area contributed by atoms with E-state index in [0.717, 1.165) is 10.9 Å². The van der Waals surface area contributed by atoms with E-state index in [-0.39, 0.29) is 5.78 Å². The lowest BCUT2D eigenvalue weighted by Crippen LogP contribution is -2.03. The summed E-state index contributed by atoms with van der Waals surface area (Å²) in [5.74, 6) is 0.00218. The number of hydrogen-bond donors (Lipinski definition) is 1. The molecule has 0 saturated carbocycles. The Morgan fingerprint density at radius 3 is 2.94 bits per heavy atom. The van der Waals surface area contributed by atoms with Gasteiger partial charge in [0.1, 0.15) is 5.69 Å². The van der Waals surface area contributed by atoms with Crippen molar-refractivity contribution in [1.29, 1.82) is 0 Å². The van der Waals surface area contributed by atoms with E-state index in [0.29, 0.717) is 24.2 Å². The topological polar surface area (TPSA) is 56.0 Å². The highest BCUT2D eigenvalue weighted by molar-refractivity contribution is 6.00. The molecule has 1 heterocycles. The largest absolute Gasteiger partial charge is 0.398 e. The molecular formula is C14H14N2O. The number of nitrogens with two attached hydrogens (primary N) is 1. The lowest BCUT2D eigenvalue weighted by atomic mass is 10.1. The van der Waals surface area contributed by atoms with Crippen molar-refractivity contribution in [3.63, 3.8) is 0 Å². The summed E-state index contributed by atoms with van der Waals surface area (Å²) < 4.78 is 0. The zero-order valence-electron chi connectivity index (χ0n) is 9.52. The summed E-state index contributed by atoms with van der Waals surface area (Å²) in [6.07, 6.45) is 2.81. The number of allylic oxidation sites excluding steroid dienone is 1. The number of fused-ring (bicyclic) bond motifs is 1. The monoisotopic (exact) mass is 226 g/mol. The second kappa shape index (κ2) is 4.78. The summed E-state index contributed by atoms with van der Waals surface area (Å²) >= 11 is 0. The lowest BCUT2D eigenvalue weighted by Gasteiger charge is -2.04. The van der Waals surface area contributed by atoms with Gasteiger partial charge in [0, 0.05) is 17.5 Å². The predicted molar refractivity (Wildman–Crippen MR) is 69.9 cm³/mol. The van der Waals surface area contributed by atoms with E-state index >= 15 is 0 Å². The van der Waals surface area contributed by atoms with Crippen LogP contribution in [0.15, 0.2) is 43.0 Å². The van der Waals surface area contributed by atoms with Crippen molar-refractivity contribution < 1.29 is 4.79 Å². The smallest absolute Gasteiger partial charge is 0.181 e. The van der Waals surface area contributed by atoms with Gasteiger partial charge in [-0.05, 0) is 18.6 Å². The van der Waals surface area contributed by atoms with Crippen LogP contribution in [0.5, 0.6) is 0 Å².